The van der Waals surface area contributed by atoms with E-state index in [4.69, 9.17) is 22.2 Å². The van der Waals surface area contributed by atoms with Gasteiger partial charge in [0.25, 0.3) is 0 Å². The van der Waals surface area contributed by atoms with Crippen LogP contribution in [0.5, 0.6) is 0 Å². The Morgan fingerprint density at radius 2 is 1.48 bits per heavy atom. The normalized spacial score (nSPS) is 14.0. The van der Waals surface area contributed by atoms with Crippen LogP contribution in [0.3, 0.4) is 0 Å². The fourth-order valence-electron chi connectivity index (χ4n) is 2.95. The number of rotatable bonds is 5. The van der Waals surface area contributed by atoms with Gasteiger partial charge in [0.1, 0.15) is 0 Å². The minimum absolute atomic E-state index is 0.176. The molecule has 0 nitrogen and oxygen atoms in total. The molecule has 0 spiro atoms. The summed E-state index contributed by atoms with van der Waals surface area (Å²) >= 11 is 15.6. The molecule has 0 bridgehead atoms. The first kappa shape index (κ1) is 15.5. The van der Waals surface area contributed by atoms with E-state index in [1.54, 1.807) is 11.2 Å². The van der Waals surface area contributed by atoms with Gasteiger partial charge in [0.05, 0.1) is 0 Å². The van der Waals surface area contributed by atoms with Crippen molar-refractivity contribution in [2.45, 2.75) is 25.3 Å². The second-order valence-corrected chi connectivity index (χ2v) is 16.1. The molecule has 0 N–H and O–H groups in total. The lowest BCUT2D eigenvalue weighted by Gasteiger charge is -2.25. The van der Waals surface area contributed by atoms with E-state index in [0.29, 0.717) is 0 Å². The van der Waals surface area contributed by atoms with Gasteiger partial charge < -0.3 is 0 Å². The molecule has 1 aliphatic carbocycles. The van der Waals surface area contributed by atoms with Crippen molar-refractivity contribution in [3.63, 3.8) is 0 Å². The lowest BCUT2D eigenvalue weighted by Crippen LogP contribution is -2.26. The summed E-state index contributed by atoms with van der Waals surface area (Å²) in [6.07, 6.45) is 2.36. The second-order valence-electron chi connectivity index (χ2n) is 5.37. The van der Waals surface area contributed by atoms with E-state index in [-0.39, 0.29) is 5.54 Å². The molecule has 4 heteroatoms. The molecular weight excluding hydrogens is 335 g/mol. The van der Waals surface area contributed by atoms with Crippen LogP contribution in [-0.2, 0) is 0 Å². The molecule has 1 aliphatic rings. The third-order valence-corrected chi connectivity index (χ3v) is 11.9. The summed E-state index contributed by atoms with van der Waals surface area (Å²) in [6.45, 7) is 2.20. The number of benzene rings is 2. The Morgan fingerprint density at radius 1 is 0.952 bits per heavy atom. The third-order valence-electron chi connectivity index (χ3n) is 3.96. The van der Waals surface area contributed by atoms with Crippen LogP contribution in [0.1, 0.15) is 36.4 Å². The van der Waals surface area contributed by atoms with Crippen LogP contribution in [0.25, 0.3) is 11.1 Å². The van der Waals surface area contributed by atoms with Gasteiger partial charge >= 0.3 is 5.84 Å². The van der Waals surface area contributed by atoms with Crippen molar-refractivity contribution in [2.75, 3.05) is 5.75 Å². The molecule has 0 saturated carbocycles. The summed E-state index contributed by atoms with van der Waals surface area (Å²) in [7, 11) is 0. The highest BCUT2D eigenvalue weighted by Gasteiger charge is 2.46. The van der Waals surface area contributed by atoms with Crippen molar-refractivity contribution in [1.82, 2.24) is 0 Å². The van der Waals surface area contributed by atoms with Crippen molar-refractivity contribution in [1.29, 1.82) is 0 Å². The molecule has 0 saturated heterocycles. The molecule has 2 aromatic carbocycles. The van der Waals surface area contributed by atoms with Crippen LogP contribution < -0.4 is 0 Å². The van der Waals surface area contributed by atoms with Crippen LogP contribution >= 0.6 is 33.4 Å². The zero-order valence-corrected chi connectivity index (χ0v) is 15.3. The lowest BCUT2D eigenvalue weighted by atomic mass is 10.1. The van der Waals surface area contributed by atoms with Crippen LogP contribution in [0.4, 0.5) is 0 Å². The van der Waals surface area contributed by atoms with E-state index >= 15 is 0 Å². The van der Waals surface area contributed by atoms with Gasteiger partial charge in [-0.1, -0.05) is 61.9 Å². The van der Waals surface area contributed by atoms with Crippen molar-refractivity contribution in [3.8, 4) is 11.1 Å². The van der Waals surface area contributed by atoms with Crippen LogP contribution in [0, 0.1) is 0 Å². The first-order chi connectivity index (χ1) is 10.1. The standard InChI is InChI=1S/C17H18Cl2SSi/c1-2-3-12-20-21(18,19)17-15-10-6-4-8-13(15)14-9-5-7-11-16(14)17/h4-11,17H,2-3,12H2,1H3. The minimum Gasteiger partial charge on any atom is -0.152 e. The summed E-state index contributed by atoms with van der Waals surface area (Å²) in [4.78, 5) is 0. The average Bonchev–Trinajstić information content (AvgIpc) is 2.82. The second kappa shape index (κ2) is 6.37. The van der Waals surface area contributed by atoms with E-state index in [1.807, 2.05) is 0 Å². The first-order valence-corrected chi connectivity index (χ1v) is 13.2. The lowest BCUT2D eigenvalue weighted by molar-refractivity contribution is 0.898. The fraction of sp³-hybridized carbons (Fsp3) is 0.294. The monoisotopic (exact) mass is 352 g/mol. The number of hydrogen-bond acceptors (Lipinski definition) is 1. The molecule has 0 radical (unpaired) electrons. The van der Waals surface area contributed by atoms with Gasteiger partial charge in [0.15, 0.2) is 0 Å². The van der Waals surface area contributed by atoms with E-state index in [9.17, 15) is 0 Å². The van der Waals surface area contributed by atoms with Crippen molar-refractivity contribution in [3.05, 3.63) is 59.7 Å². The summed E-state index contributed by atoms with van der Waals surface area (Å²) < 4.78 is 0. The van der Waals surface area contributed by atoms with E-state index in [1.165, 1.54) is 35.1 Å². The van der Waals surface area contributed by atoms with Gasteiger partial charge in [-0.25, -0.2) is 0 Å². The third kappa shape index (κ3) is 2.92. The Labute approximate surface area is 140 Å². The number of unbranched alkanes of at least 4 members (excludes halogenated alkanes) is 1. The molecule has 0 atom stereocenters. The molecule has 0 unspecified atom stereocenters. The largest absolute Gasteiger partial charge is 0.319 e. The Kier molecular flexibility index (Phi) is 4.70. The van der Waals surface area contributed by atoms with Crippen molar-refractivity contribution < 1.29 is 0 Å². The molecule has 0 aromatic heterocycles. The zero-order valence-electron chi connectivity index (χ0n) is 12.0. The van der Waals surface area contributed by atoms with Crippen molar-refractivity contribution >= 4 is 39.2 Å². The van der Waals surface area contributed by atoms with Gasteiger partial charge in [0, 0.05) is 5.54 Å². The van der Waals surface area contributed by atoms with Gasteiger partial charge in [-0.2, -0.15) is 11.2 Å². The quantitative estimate of drug-likeness (QED) is 0.346. The summed E-state index contributed by atoms with van der Waals surface area (Å²) in [5, 5.41) is 0. The number of hydrogen-bond donors (Lipinski definition) is 0. The van der Waals surface area contributed by atoms with Gasteiger partial charge in [-0.15, -0.1) is 22.2 Å². The number of fused-ring (bicyclic) bond motifs is 3. The Morgan fingerprint density at radius 3 is 2.00 bits per heavy atom. The summed E-state index contributed by atoms with van der Waals surface area (Å²) in [6, 6.07) is 17.1. The fourth-order valence-corrected chi connectivity index (χ4v) is 10.4. The maximum atomic E-state index is 6.90. The molecule has 0 amide bonds. The predicted octanol–water partition coefficient (Wildman–Crippen LogP) is 6.29. The Hall–Kier alpha value is -0.413. The van der Waals surface area contributed by atoms with Gasteiger partial charge in [-0.05, 0) is 34.4 Å². The predicted molar refractivity (Wildman–Crippen MR) is 98.5 cm³/mol. The smallest absolute Gasteiger partial charge is 0.152 e. The van der Waals surface area contributed by atoms with Crippen LogP contribution in [0.2, 0.25) is 0 Å². The molecule has 3 rings (SSSR count). The molecule has 21 heavy (non-hydrogen) atoms. The molecule has 110 valence electrons. The van der Waals surface area contributed by atoms with Gasteiger partial charge in [0.2, 0.25) is 0 Å². The highest BCUT2D eigenvalue weighted by atomic mass is 35.7. The maximum absolute atomic E-state index is 6.90. The average molecular weight is 353 g/mol. The Balaban J connectivity index is 2.02. The molecular formula is C17H18Cl2SSi. The van der Waals surface area contributed by atoms with Crippen LogP contribution in [-0.4, -0.2) is 11.6 Å². The van der Waals surface area contributed by atoms with E-state index < -0.39 is 5.84 Å². The molecule has 2 aromatic rings. The van der Waals surface area contributed by atoms with Gasteiger partial charge in [-0.3, -0.25) is 0 Å². The van der Waals surface area contributed by atoms with Crippen molar-refractivity contribution in [2.24, 2.45) is 0 Å². The zero-order chi connectivity index (χ0) is 14.9. The molecule has 0 heterocycles. The minimum atomic E-state index is -2.45. The molecule has 0 aliphatic heterocycles. The SMILES string of the molecule is CCCCS[Si](Cl)(Cl)C1c2ccccc2-c2ccccc21. The summed E-state index contributed by atoms with van der Waals surface area (Å²) in [5.74, 6) is -1.40. The topological polar surface area (TPSA) is 0 Å². The maximum Gasteiger partial charge on any atom is 0.319 e. The highest BCUT2D eigenvalue weighted by Crippen LogP contribution is 2.54. The van der Waals surface area contributed by atoms with Crippen LogP contribution in [0.15, 0.2) is 48.5 Å². The van der Waals surface area contributed by atoms with E-state index in [0.717, 1.165) is 5.75 Å². The molecule has 0 fully saturated rings. The Bertz CT molecular complexity index is 597. The first-order valence-electron chi connectivity index (χ1n) is 7.35. The summed E-state index contributed by atoms with van der Waals surface area (Å²) in [5.41, 5.74) is 5.38. The highest BCUT2D eigenvalue weighted by molar-refractivity contribution is 8.38. The van der Waals surface area contributed by atoms with E-state index in [2.05, 4.69) is 55.5 Å². The number of halogens is 2.